The van der Waals surface area contributed by atoms with Gasteiger partial charge >= 0.3 is 184 Å². The molecule has 0 radical (unpaired) electrons. The van der Waals surface area contributed by atoms with Crippen LogP contribution >= 0.6 is 0 Å². The maximum atomic E-state index is 13.5. The second-order valence-corrected chi connectivity index (χ2v) is 23.2. The molecule has 6 heteroatoms. The Bertz CT molecular complexity index is 808. The van der Waals surface area contributed by atoms with E-state index in [-0.39, 0.29) is 5.76 Å². The third-order valence-corrected chi connectivity index (χ3v) is 27.5. The molecule has 3 fully saturated rings. The molecule has 0 unspecified atom stereocenters. The van der Waals surface area contributed by atoms with Gasteiger partial charge < -0.3 is 0 Å². The van der Waals surface area contributed by atoms with Gasteiger partial charge in [-0.2, -0.15) is 0 Å². The van der Waals surface area contributed by atoms with Crippen LogP contribution in [0.4, 0.5) is 0 Å². The van der Waals surface area contributed by atoms with E-state index in [0.717, 1.165) is 11.8 Å². The van der Waals surface area contributed by atoms with Gasteiger partial charge in [-0.05, 0) is 0 Å². The first-order valence-corrected chi connectivity index (χ1v) is 18.7. The van der Waals surface area contributed by atoms with Gasteiger partial charge in [-0.3, -0.25) is 0 Å². The normalized spacial score (nSPS) is 23.1. The quantitative estimate of drug-likeness (QED) is 0.404. The van der Waals surface area contributed by atoms with Crippen LogP contribution in [-0.4, -0.2) is 26.7 Å². The molecule has 0 spiro atoms. The van der Waals surface area contributed by atoms with E-state index in [1.54, 1.807) is 6.26 Å². The van der Waals surface area contributed by atoms with Crippen molar-refractivity contribution in [3.05, 3.63) is 28.9 Å². The number of hydrogen-bond donors (Lipinski definition) is 0. The van der Waals surface area contributed by atoms with Gasteiger partial charge in [-0.15, -0.1) is 0 Å². The van der Waals surface area contributed by atoms with Gasteiger partial charge in [0.05, 0.1) is 0 Å². The Morgan fingerprint density at radius 3 is 1.73 bits per heavy atom. The second-order valence-electron chi connectivity index (χ2n) is 9.95. The number of furan rings is 1. The van der Waals surface area contributed by atoms with E-state index in [0.29, 0.717) is 11.7 Å². The van der Waals surface area contributed by atoms with Gasteiger partial charge in [-0.1, -0.05) is 0 Å². The first-order valence-electron chi connectivity index (χ1n) is 12.4. The number of hydrogen-bond acceptors (Lipinski definition) is 4. The molecule has 5 rings (SSSR count). The average molecular weight is 519 g/mol. The first-order chi connectivity index (χ1) is 14.8. The molecule has 0 bridgehead atoms. The number of rotatable bonds is 5. The number of aromatic nitrogens is 2. The molecule has 0 amide bonds. The third kappa shape index (κ3) is 3.73. The van der Waals surface area contributed by atoms with Gasteiger partial charge in [0.15, 0.2) is 0 Å². The topological polar surface area (TPSA) is 61.2 Å². The van der Waals surface area contributed by atoms with Crippen LogP contribution < -0.4 is 5.76 Å². The van der Waals surface area contributed by atoms with Crippen molar-refractivity contribution >= 4 is 18.7 Å². The summed E-state index contributed by atoms with van der Waals surface area (Å²) in [7, 11) is 0. The van der Waals surface area contributed by atoms with E-state index in [2.05, 4.69) is 2.90 Å². The van der Waals surface area contributed by atoms with Crippen molar-refractivity contribution in [2.45, 2.75) is 108 Å². The first kappa shape index (κ1) is 20.9. The summed E-state index contributed by atoms with van der Waals surface area (Å²) < 4.78 is 15.6. The molecule has 3 aliphatic rings. The SMILES string of the molecule is O=c1oc(-c2ccco2)n[n]1[Sn]([CH]1CCCCC1)([CH]1CCCCC1)[CH]1CCCCC1. The van der Waals surface area contributed by atoms with Crippen LogP contribution in [0.5, 0.6) is 0 Å². The molecular formula is C24H36N2O3Sn. The summed E-state index contributed by atoms with van der Waals surface area (Å²) in [4.78, 5) is 13.5. The molecule has 3 aliphatic carbocycles. The van der Waals surface area contributed by atoms with E-state index in [9.17, 15) is 4.79 Å². The van der Waals surface area contributed by atoms with E-state index >= 15 is 0 Å². The fraction of sp³-hybridized carbons (Fsp3) is 0.750. The Balaban J connectivity index is 1.67. The van der Waals surface area contributed by atoms with Crippen molar-refractivity contribution in [1.82, 2.24) is 8.00 Å². The maximum absolute atomic E-state index is 13.5. The molecule has 2 aromatic heterocycles. The van der Waals surface area contributed by atoms with E-state index < -0.39 is 18.7 Å². The Kier molecular flexibility index (Phi) is 6.44. The molecule has 5 nitrogen and oxygen atoms in total. The number of nitrogens with zero attached hydrogens (tertiary/aromatic N) is 2. The van der Waals surface area contributed by atoms with Gasteiger partial charge in [-0.25, -0.2) is 0 Å². The zero-order valence-electron chi connectivity index (χ0n) is 18.2. The molecule has 0 aliphatic heterocycles. The van der Waals surface area contributed by atoms with Crippen LogP contribution in [0.15, 0.2) is 32.0 Å². The summed E-state index contributed by atoms with van der Waals surface area (Å²) in [5.74, 6) is 0.800. The van der Waals surface area contributed by atoms with E-state index in [4.69, 9.17) is 13.9 Å². The molecule has 0 saturated heterocycles. The zero-order chi connectivity index (χ0) is 20.4. The molecule has 164 valence electrons. The Labute approximate surface area is 183 Å². The molecule has 30 heavy (non-hydrogen) atoms. The predicted molar refractivity (Wildman–Crippen MR) is 120 cm³/mol. The summed E-state index contributed by atoms with van der Waals surface area (Å²) >= 11 is -3.30. The molecular weight excluding hydrogens is 483 g/mol. The van der Waals surface area contributed by atoms with Crippen LogP contribution in [0.3, 0.4) is 0 Å². The van der Waals surface area contributed by atoms with Gasteiger partial charge in [0, 0.05) is 0 Å². The molecule has 2 aromatic rings. The minimum atomic E-state index is -3.30. The van der Waals surface area contributed by atoms with Gasteiger partial charge in [0.2, 0.25) is 0 Å². The Morgan fingerprint density at radius 1 is 0.800 bits per heavy atom. The molecule has 3 saturated carbocycles. The van der Waals surface area contributed by atoms with Crippen molar-refractivity contribution < 1.29 is 8.83 Å². The fourth-order valence-electron chi connectivity index (χ4n) is 7.24. The van der Waals surface area contributed by atoms with Crippen molar-refractivity contribution in [2.75, 3.05) is 0 Å². The van der Waals surface area contributed by atoms with E-state index in [1.807, 2.05) is 12.1 Å². The van der Waals surface area contributed by atoms with E-state index in [1.165, 1.54) is 96.3 Å². The summed E-state index contributed by atoms with van der Waals surface area (Å²) in [5, 5.41) is 4.99. The predicted octanol–water partition coefficient (Wildman–Crippen LogP) is 6.89. The summed E-state index contributed by atoms with van der Waals surface area (Å²) in [5.41, 5.74) is 0. The van der Waals surface area contributed by atoms with Crippen LogP contribution in [0.25, 0.3) is 11.7 Å². The van der Waals surface area contributed by atoms with Crippen molar-refractivity contribution in [2.24, 2.45) is 0 Å². The molecule has 0 N–H and O–H groups in total. The standard InChI is InChI=1S/C6H4N2O3.3C6H11.Sn/c9-6-8-7-5(11-6)4-2-1-3-10-4;3*1-2-4-6-5-3-1;/h1-3H,(H,8,9);3*1H,2-6H2;/q;;;;+1/p-1. The van der Waals surface area contributed by atoms with Gasteiger partial charge in [0.1, 0.15) is 0 Å². The van der Waals surface area contributed by atoms with Crippen LogP contribution in [-0.2, 0) is 0 Å². The Hall–Kier alpha value is -0.981. The second kappa shape index (κ2) is 9.25. The van der Waals surface area contributed by atoms with Crippen molar-refractivity contribution in [1.29, 1.82) is 0 Å². The minimum absolute atomic E-state index is 0.182. The van der Waals surface area contributed by atoms with Crippen LogP contribution in [0.1, 0.15) is 96.3 Å². The average Bonchev–Trinajstić information content (AvgIpc) is 3.47. The van der Waals surface area contributed by atoms with Crippen molar-refractivity contribution in [3.63, 3.8) is 0 Å². The summed E-state index contributed by atoms with van der Waals surface area (Å²) in [6.45, 7) is 0. The molecule has 2 heterocycles. The molecule has 0 aromatic carbocycles. The summed E-state index contributed by atoms with van der Waals surface area (Å²) in [6.07, 6.45) is 21.6. The zero-order valence-corrected chi connectivity index (χ0v) is 21.0. The summed E-state index contributed by atoms with van der Waals surface area (Å²) in [6, 6.07) is 3.70. The third-order valence-electron chi connectivity index (χ3n) is 8.42. The van der Waals surface area contributed by atoms with Crippen LogP contribution in [0.2, 0.25) is 11.8 Å². The Morgan fingerprint density at radius 2 is 1.30 bits per heavy atom. The van der Waals surface area contributed by atoms with Crippen LogP contribution in [0, 0.1) is 0 Å². The fourth-order valence-corrected chi connectivity index (χ4v) is 29.1. The monoisotopic (exact) mass is 520 g/mol. The van der Waals surface area contributed by atoms with Crippen molar-refractivity contribution in [3.8, 4) is 11.7 Å². The molecule has 0 atom stereocenters. The van der Waals surface area contributed by atoms with Gasteiger partial charge in [0.25, 0.3) is 0 Å².